The van der Waals surface area contributed by atoms with Crippen LogP contribution in [0.25, 0.3) is 0 Å². The van der Waals surface area contributed by atoms with Gasteiger partial charge in [0.1, 0.15) is 6.10 Å². The highest BCUT2D eigenvalue weighted by Crippen LogP contribution is 2.32. The average Bonchev–Trinajstić information content (AvgIpc) is 3.23. The number of halogens is 4. The SMILES string of the molecule is CN=C(NCC(C)(C)c1cccc(C(F)(F)F)c1)N1CCOC(C2CCCO2)C1.I. The van der Waals surface area contributed by atoms with Crippen molar-refractivity contribution >= 4 is 29.9 Å². The van der Waals surface area contributed by atoms with Gasteiger partial charge in [0, 0.05) is 38.7 Å². The average molecular weight is 541 g/mol. The molecular weight excluding hydrogens is 510 g/mol. The largest absolute Gasteiger partial charge is 0.416 e. The van der Waals surface area contributed by atoms with Gasteiger partial charge in [-0.25, -0.2) is 0 Å². The molecule has 0 radical (unpaired) electrons. The van der Waals surface area contributed by atoms with E-state index >= 15 is 0 Å². The molecule has 2 saturated heterocycles. The fourth-order valence-corrected chi connectivity index (χ4v) is 3.84. The summed E-state index contributed by atoms with van der Waals surface area (Å²) in [5.41, 5.74) is -0.494. The van der Waals surface area contributed by atoms with Gasteiger partial charge in [0.15, 0.2) is 5.96 Å². The standard InChI is InChI=1S/C21H30F3N3O2.HI/c1-20(2,15-6-4-7-16(12-15)21(22,23)24)14-26-19(25-3)27-9-11-29-18(13-27)17-8-5-10-28-17;/h4,6-7,12,17-18H,5,8-11,13-14H2,1-3H3,(H,25,26);1H. The molecule has 3 rings (SSSR count). The van der Waals surface area contributed by atoms with Crippen LogP contribution >= 0.6 is 24.0 Å². The summed E-state index contributed by atoms with van der Waals surface area (Å²) in [6, 6.07) is 5.53. The van der Waals surface area contributed by atoms with E-state index in [4.69, 9.17) is 9.47 Å². The van der Waals surface area contributed by atoms with E-state index < -0.39 is 17.2 Å². The van der Waals surface area contributed by atoms with Crippen LogP contribution in [0.4, 0.5) is 13.2 Å². The van der Waals surface area contributed by atoms with Gasteiger partial charge in [-0.3, -0.25) is 4.99 Å². The molecule has 1 aromatic rings. The fraction of sp³-hybridized carbons (Fsp3) is 0.667. The molecule has 2 aliphatic rings. The molecule has 2 atom stereocenters. The van der Waals surface area contributed by atoms with E-state index in [0.29, 0.717) is 31.8 Å². The summed E-state index contributed by atoms with van der Waals surface area (Å²) in [6.45, 7) is 7.10. The summed E-state index contributed by atoms with van der Waals surface area (Å²) in [5.74, 6) is 0.733. The molecule has 2 aliphatic heterocycles. The summed E-state index contributed by atoms with van der Waals surface area (Å²) in [6.07, 6.45) is -2.14. The molecule has 9 heteroatoms. The predicted octanol–water partition coefficient (Wildman–Crippen LogP) is 4.06. The number of morpholine rings is 1. The second kappa shape index (κ2) is 10.5. The summed E-state index contributed by atoms with van der Waals surface area (Å²) in [4.78, 5) is 6.52. The number of rotatable bonds is 4. The quantitative estimate of drug-likeness (QED) is 0.355. The maximum atomic E-state index is 13.1. The van der Waals surface area contributed by atoms with Crippen LogP contribution < -0.4 is 5.32 Å². The number of ether oxygens (including phenoxy) is 2. The van der Waals surface area contributed by atoms with Crippen molar-refractivity contribution in [3.8, 4) is 0 Å². The minimum absolute atomic E-state index is 0. The molecule has 5 nitrogen and oxygen atoms in total. The van der Waals surface area contributed by atoms with Gasteiger partial charge >= 0.3 is 6.18 Å². The van der Waals surface area contributed by atoms with Crippen molar-refractivity contribution in [3.63, 3.8) is 0 Å². The lowest BCUT2D eigenvalue weighted by Crippen LogP contribution is -2.54. The van der Waals surface area contributed by atoms with Gasteiger partial charge in [-0.2, -0.15) is 13.2 Å². The predicted molar refractivity (Wildman–Crippen MR) is 122 cm³/mol. The van der Waals surface area contributed by atoms with Crippen molar-refractivity contribution in [3.05, 3.63) is 35.4 Å². The summed E-state index contributed by atoms with van der Waals surface area (Å²) in [5, 5.41) is 3.35. The molecule has 2 heterocycles. The normalized spacial score (nSPS) is 23.3. The Labute approximate surface area is 193 Å². The molecule has 1 aromatic carbocycles. The Bertz CT molecular complexity index is 722. The number of alkyl halides is 3. The number of guanidine groups is 1. The van der Waals surface area contributed by atoms with Gasteiger partial charge in [0.05, 0.1) is 18.3 Å². The van der Waals surface area contributed by atoms with Gasteiger partial charge in [0.25, 0.3) is 0 Å². The van der Waals surface area contributed by atoms with Crippen LogP contribution in [0.15, 0.2) is 29.3 Å². The number of nitrogens with zero attached hydrogens (tertiary/aromatic N) is 2. The Hall–Kier alpha value is -1.07. The second-order valence-corrected chi connectivity index (χ2v) is 8.27. The molecule has 2 unspecified atom stereocenters. The molecule has 0 bridgehead atoms. The first kappa shape index (κ1) is 25.2. The van der Waals surface area contributed by atoms with Crippen molar-refractivity contribution in [2.24, 2.45) is 4.99 Å². The molecule has 2 fully saturated rings. The molecule has 1 N–H and O–H groups in total. The lowest BCUT2D eigenvalue weighted by Gasteiger charge is -2.38. The van der Waals surface area contributed by atoms with Gasteiger partial charge in [-0.1, -0.05) is 32.0 Å². The van der Waals surface area contributed by atoms with Crippen molar-refractivity contribution in [2.75, 3.05) is 39.9 Å². The Morgan fingerprint density at radius 2 is 1.87 bits per heavy atom. The van der Waals surface area contributed by atoms with Gasteiger partial charge < -0.3 is 19.7 Å². The Morgan fingerprint density at radius 1 is 1.17 bits per heavy atom. The van der Waals surface area contributed by atoms with E-state index in [1.165, 1.54) is 12.1 Å². The van der Waals surface area contributed by atoms with Crippen LogP contribution in [-0.2, 0) is 21.1 Å². The number of hydrogen-bond acceptors (Lipinski definition) is 3. The summed E-state index contributed by atoms with van der Waals surface area (Å²) >= 11 is 0. The minimum atomic E-state index is -4.35. The van der Waals surface area contributed by atoms with Crippen LogP contribution in [0.3, 0.4) is 0 Å². The topological polar surface area (TPSA) is 46.1 Å². The van der Waals surface area contributed by atoms with E-state index in [-0.39, 0.29) is 36.2 Å². The van der Waals surface area contributed by atoms with Gasteiger partial charge in [-0.15, -0.1) is 24.0 Å². The molecule has 0 aliphatic carbocycles. The van der Waals surface area contributed by atoms with Crippen molar-refractivity contribution in [1.29, 1.82) is 0 Å². The summed E-state index contributed by atoms with van der Waals surface area (Å²) < 4.78 is 50.9. The zero-order chi connectivity index (χ0) is 21.1. The molecule has 0 amide bonds. The van der Waals surface area contributed by atoms with Crippen LogP contribution in [-0.4, -0.2) is 63.0 Å². The van der Waals surface area contributed by atoms with E-state index in [0.717, 1.165) is 31.5 Å². The number of benzene rings is 1. The fourth-order valence-electron chi connectivity index (χ4n) is 3.84. The maximum Gasteiger partial charge on any atom is 0.416 e. The zero-order valence-corrected chi connectivity index (χ0v) is 20.0. The monoisotopic (exact) mass is 541 g/mol. The third-order valence-corrected chi connectivity index (χ3v) is 5.64. The first-order valence-corrected chi connectivity index (χ1v) is 10.1. The molecule has 170 valence electrons. The van der Waals surface area contributed by atoms with Crippen LogP contribution in [0.5, 0.6) is 0 Å². The third kappa shape index (κ3) is 6.23. The van der Waals surface area contributed by atoms with Crippen LogP contribution in [0.2, 0.25) is 0 Å². The lowest BCUT2D eigenvalue weighted by atomic mass is 9.84. The first-order chi connectivity index (χ1) is 13.7. The summed E-state index contributed by atoms with van der Waals surface area (Å²) in [7, 11) is 1.72. The molecule has 0 aromatic heterocycles. The van der Waals surface area contributed by atoms with Crippen LogP contribution in [0, 0.1) is 0 Å². The highest BCUT2D eigenvalue weighted by atomic mass is 127. The minimum Gasteiger partial charge on any atom is -0.375 e. The molecule has 0 saturated carbocycles. The van der Waals surface area contributed by atoms with E-state index in [2.05, 4.69) is 15.2 Å². The molecule has 30 heavy (non-hydrogen) atoms. The third-order valence-electron chi connectivity index (χ3n) is 5.64. The number of nitrogens with one attached hydrogen (secondary N) is 1. The lowest BCUT2D eigenvalue weighted by molar-refractivity contribution is -0.137. The van der Waals surface area contributed by atoms with Crippen LogP contribution in [0.1, 0.15) is 37.8 Å². The second-order valence-electron chi connectivity index (χ2n) is 8.27. The van der Waals surface area contributed by atoms with E-state index in [1.54, 1.807) is 13.1 Å². The Morgan fingerprint density at radius 3 is 2.50 bits per heavy atom. The first-order valence-electron chi connectivity index (χ1n) is 10.1. The van der Waals surface area contributed by atoms with E-state index in [1.807, 2.05) is 13.8 Å². The van der Waals surface area contributed by atoms with Gasteiger partial charge in [-0.05, 0) is 24.5 Å². The van der Waals surface area contributed by atoms with Crippen molar-refractivity contribution in [1.82, 2.24) is 10.2 Å². The highest BCUT2D eigenvalue weighted by Gasteiger charge is 2.34. The smallest absolute Gasteiger partial charge is 0.375 e. The van der Waals surface area contributed by atoms with Crippen molar-refractivity contribution < 1.29 is 22.6 Å². The Balaban J connectivity index is 0.00000320. The highest BCUT2D eigenvalue weighted by molar-refractivity contribution is 14.0. The van der Waals surface area contributed by atoms with Crippen molar-refractivity contribution in [2.45, 2.75) is 50.5 Å². The number of hydrogen-bond donors (Lipinski definition) is 1. The maximum absolute atomic E-state index is 13.1. The molecule has 0 spiro atoms. The zero-order valence-electron chi connectivity index (χ0n) is 17.7. The van der Waals surface area contributed by atoms with E-state index in [9.17, 15) is 13.2 Å². The number of aliphatic imine (C=N–C) groups is 1. The Kier molecular flexibility index (Phi) is 8.81. The van der Waals surface area contributed by atoms with Gasteiger partial charge in [0.2, 0.25) is 0 Å². The molecular formula is C21H31F3IN3O2.